The molecular weight excluding hydrogens is 271 g/mol. The Kier molecular flexibility index (Phi) is 4.68. The fourth-order valence-electron chi connectivity index (χ4n) is 1.87. The van der Waals surface area contributed by atoms with Gasteiger partial charge in [-0.05, 0) is 23.6 Å². The summed E-state index contributed by atoms with van der Waals surface area (Å²) in [4.78, 5) is 13.3. The van der Waals surface area contributed by atoms with Gasteiger partial charge in [0.05, 0.1) is 18.2 Å². The molecule has 1 rings (SSSR count). The summed E-state index contributed by atoms with van der Waals surface area (Å²) in [6, 6.07) is 1.88. The van der Waals surface area contributed by atoms with Gasteiger partial charge in [-0.1, -0.05) is 13.8 Å². The van der Waals surface area contributed by atoms with Gasteiger partial charge in [0.2, 0.25) is 0 Å². The van der Waals surface area contributed by atoms with Crippen LogP contribution in [0.2, 0.25) is 0 Å². The molecule has 0 aromatic heterocycles. The van der Waals surface area contributed by atoms with Crippen molar-refractivity contribution >= 4 is 5.91 Å². The lowest BCUT2D eigenvalue weighted by atomic mass is 9.95. The SMILES string of the molecule is COc1c(C(=O)N(C)C)cc(C(F)(F)F)cc1C(C)C. The van der Waals surface area contributed by atoms with E-state index in [4.69, 9.17) is 4.74 Å². The maximum absolute atomic E-state index is 12.9. The standard InChI is InChI=1S/C14H18F3NO2/c1-8(2)10-6-9(14(15,16)17)7-11(12(10)20-5)13(19)18(3)4/h6-8H,1-5H3. The zero-order chi connectivity index (χ0) is 15.7. The van der Waals surface area contributed by atoms with E-state index in [9.17, 15) is 18.0 Å². The van der Waals surface area contributed by atoms with E-state index >= 15 is 0 Å². The number of carbonyl (C=O) groups excluding carboxylic acids is 1. The van der Waals surface area contributed by atoms with Crippen LogP contribution >= 0.6 is 0 Å². The molecule has 1 aromatic carbocycles. The van der Waals surface area contributed by atoms with Crippen molar-refractivity contribution in [2.45, 2.75) is 25.9 Å². The summed E-state index contributed by atoms with van der Waals surface area (Å²) in [7, 11) is 4.31. The zero-order valence-electron chi connectivity index (χ0n) is 12.1. The molecule has 0 radical (unpaired) electrons. The van der Waals surface area contributed by atoms with Gasteiger partial charge in [-0.2, -0.15) is 13.2 Å². The van der Waals surface area contributed by atoms with Crippen molar-refractivity contribution in [1.82, 2.24) is 4.90 Å². The molecule has 0 atom stereocenters. The van der Waals surface area contributed by atoms with Crippen LogP contribution in [0.5, 0.6) is 5.75 Å². The molecule has 0 saturated heterocycles. The second-order valence-electron chi connectivity index (χ2n) is 5.00. The molecule has 112 valence electrons. The normalized spacial score (nSPS) is 11.7. The number of hydrogen-bond acceptors (Lipinski definition) is 2. The lowest BCUT2D eigenvalue weighted by molar-refractivity contribution is -0.137. The Bertz CT molecular complexity index is 508. The minimum absolute atomic E-state index is 0.0731. The number of halogens is 3. The second-order valence-corrected chi connectivity index (χ2v) is 5.00. The van der Waals surface area contributed by atoms with E-state index in [0.717, 1.165) is 12.1 Å². The van der Waals surface area contributed by atoms with Crippen molar-refractivity contribution in [2.75, 3.05) is 21.2 Å². The number of ether oxygens (including phenoxy) is 1. The molecule has 0 aliphatic heterocycles. The lowest BCUT2D eigenvalue weighted by Gasteiger charge is -2.20. The Balaban J connectivity index is 3.62. The van der Waals surface area contributed by atoms with E-state index in [-0.39, 0.29) is 17.2 Å². The van der Waals surface area contributed by atoms with Gasteiger partial charge in [0.15, 0.2) is 0 Å². The maximum Gasteiger partial charge on any atom is 0.416 e. The number of benzene rings is 1. The first-order chi connectivity index (χ1) is 9.09. The van der Waals surface area contributed by atoms with Crippen molar-refractivity contribution < 1.29 is 22.7 Å². The Labute approximate surface area is 116 Å². The average molecular weight is 289 g/mol. The van der Waals surface area contributed by atoms with Gasteiger partial charge in [-0.15, -0.1) is 0 Å². The molecule has 3 nitrogen and oxygen atoms in total. The van der Waals surface area contributed by atoms with Crippen LogP contribution in [0.1, 0.15) is 41.3 Å². The Hall–Kier alpha value is -1.72. The highest BCUT2D eigenvalue weighted by atomic mass is 19.4. The van der Waals surface area contributed by atoms with Crippen LogP contribution in [0.4, 0.5) is 13.2 Å². The summed E-state index contributed by atoms with van der Waals surface area (Å²) >= 11 is 0. The molecule has 0 spiro atoms. The van der Waals surface area contributed by atoms with E-state index in [1.807, 2.05) is 0 Å². The van der Waals surface area contributed by atoms with Crippen LogP contribution in [0.15, 0.2) is 12.1 Å². The fraction of sp³-hybridized carbons (Fsp3) is 0.500. The van der Waals surface area contributed by atoms with Crippen LogP contribution in [0.3, 0.4) is 0 Å². The van der Waals surface area contributed by atoms with Gasteiger partial charge in [-0.3, -0.25) is 4.79 Å². The third kappa shape index (κ3) is 3.23. The predicted molar refractivity (Wildman–Crippen MR) is 70.1 cm³/mol. The third-order valence-corrected chi connectivity index (χ3v) is 2.91. The number of rotatable bonds is 3. The topological polar surface area (TPSA) is 29.5 Å². The third-order valence-electron chi connectivity index (χ3n) is 2.91. The number of nitrogens with zero attached hydrogens (tertiary/aromatic N) is 1. The summed E-state index contributed by atoms with van der Waals surface area (Å²) in [6.07, 6.45) is -4.50. The highest BCUT2D eigenvalue weighted by molar-refractivity contribution is 5.97. The predicted octanol–water partition coefficient (Wildman–Crippen LogP) is 3.54. The molecule has 6 heteroatoms. The minimum atomic E-state index is -4.50. The van der Waals surface area contributed by atoms with Gasteiger partial charge >= 0.3 is 6.18 Å². The minimum Gasteiger partial charge on any atom is -0.496 e. The molecule has 1 aromatic rings. The molecule has 0 N–H and O–H groups in total. The molecule has 0 bridgehead atoms. The first-order valence-corrected chi connectivity index (χ1v) is 6.10. The summed E-state index contributed by atoms with van der Waals surface area (Å²) in [5, 5.41) is 0. The van der Waals surface area contributed by atoms with E-state index in [1.54, 1.807) is 13.8 Å². The number of methoxy groups -OCH3 is 1. The largest absolute Gasteiger partial charge is 0.496 e. The van der Waals surface area contributed by atoms with Gasteiger partial charge in [0.1, 0.15) is 5.75 Å². The fourth-order valence-corrected chi connectivity index (χ4v) is 1.87. The molecule has 0 saturated carbocycles. The van der Waals surface area contributed by atoms with E-state index in [1.165, 1.54) is 26.1 Å². The van der Waals surface area contributed by atoms with E-state index < -0.39 is 17.6 Å². The molecule has 1 amide bonds. The summed E-state index contributed by atoms with van der Waals surface area (Å²) < 4.78 is 44.0. The Morgan fingerprint density at radius 1 is 1.25 bits per heavy atom. The van der Waals surface area contributed by atoms with Gasteiger partial charge < -0.3 is 9.64 Å². The van der Waals surface area contributed by atoms with Crippen LogP contribution in [-0.2, 0) is 6.18 Å². The molecule has 0 heterocycles. The van der Waals surface area contributed by atoms with Crippen molar-refractivity contribution in [3.8, 4) is 5.75 Å². The van der Waals surface area contributed by atoms with Crippen LogP contribution in [0, 0.1) is 0 Å². The Morgan fingerprint density at radius 2 is 1.80 bits per heavy atom. The smallest absolute Gasteiger partial charge is 0.416 e. The van der Waals surface area contributed by atoms with Crippen LogP contribution < -0.4 is 4.74 Å². The van der Waals surface area contributed by atoms with Crippen molar-refractivity contribution in [3.05, 3.63) is 28.8 Å². The van der Waals surface area contributed by atoms with Gasteiger partial charge in [0, 0.05) is 14.1 Å². The highest BCUT2D eigenvalue weighted by Gasteiger charge is 2.34. The Morgan fingerprint density at radius 3 is 2.15 bits per heavy atom. The van der Waals surface area contributed by atoms with Crippen LogP contribution in [-0.4, -0.2) is 32.0 Å². The maximum atomic E-state index is 12.9. The molecule has 0 unspecified atom stereocenters. The number of alkyl halides is 3. The van der Waals surface area contributed by atoms with Gasteiger partial charge in [-0.25, -0.2) is 0 Å². The lowest BCUT2D eigenvalue weighted by Crippen LogP contribution is -2.23. The average Bonchev–Trinajstić information content (AvgIpc) is 2.34. The quantitative estimate of drug-likeness (QED) is 0.851. The van der Waals surface area contributed by atoms with E-state index in [2.05, 4.69) is 0 Å². The first-order valence-electron chi connectivity index (χ1n) is 6.10. The monoisotopic (exact) mass is 289 g/mol. The van der Waals surface area contributed by atoms with Crippen molar-refractivity contribution in [2.24, 2.45) is 0 Å². The summed E-state index contributed by atoms with van der Waals surface area (Å²) in [6.45, 7) is 3.50. The second kappa shape index (κ2) is 5.73. The molecule has 0 fully saturated rings. The van der Waals surface area contributed by atoms with Crippen molar-refractivity contribution in [3.63, 3.8) is 0 Å². The molecule has 20 heavy (non-hydrogen) atoms. The molecule has 0 aliphatic carbocycles. The van der Waals surface area contributed by atoms with Crippen molar-refractivity contribution in [1.29, 1.82) is 0 Å². The van der Waals surface area contributed by atoms with Gasteiger partial charge in [0.25, 0.3) is 5.91 Å². The van der Waals surface area contributed by atoms with Crippen LogP contribution in [0.25, 0.3) is 0 Å². The summed E-state index contributed by atoms with van der Waals surface area (Å²) in [5.41, 5.74) is -0.546. The number of hydrogen-bond donors (Lipinski definition) is 0. The zero-order valence-corrected chi connectivity index (χ0v) is 12.1. The summed E-state index contributed by atoms with van der Waals surface area (Å²) in [5.74, 6) is -0.512. The number of carbonyl (C=O) groups is 1. The molecule has 0 aliphatic rings. The van der Waals surface area contributed by atoms with E-state index in [0.29, 0.717) is 5.56 Å². The highest BCUT2D eigenvalue weighted by Crippen LogP contribution is 2.38. The number of amides is 1. The molecular formula is C14H18F3NO2. The first kappa shape index (κ1) is 16.3.